The fraction of sp³-hybridized carbons (Fsp3) is 0.375. The second kappa shape index (κ2) is 7.32. The van der Waals surface area contributed by atoms with Gasteiger partial charge in [-0.1, -0.05) is 12.1 Å². The van der Waals surface area contributed by atoms with E-state index in [1.807, 2.05) is 26.2 Å². The molecule has 0 spiro atoms. The smallest absolute Gasteiger partial charge is 0.280 e. The number of hydrogen-bond donors (Lipinski definition) is 1. The Labute approximate surface area is 133 Å². The molecule has 0 atom stereocenters. The predicted octanol–water partition coefficient (Wildman–Crippen LogP) is 2.71. The lowest BCUT2D eigenvalue weighted by Gasteiger charge is -2.10. The number of alkyl halides is 2. The van der Waals surface area contributed by atoms with E-state index in [0.29, 0.717) is 5.69 Å². The van der Waals surface area contributed by atoms with Gasteiger partial charge in [0.2, 0.25) is 0 Å². The van der Waals surface area contributed by atoms with E-state index in [4.69, 9.17) is 0 Å². The van der Waals surface area contributed by atoms with E-state index in [2.05, 4.69) is 15.3 Å². The molecule has 2 aromatic rings. The van der Waals surface area contributed by atoms with Gasteiger partial charge in [-0.3, -0.25) is 9.48 Å². The average molecular weight is 322 g/mol. The van der Waals surface area contributed by atoms with Gasteiger partial charge in [0.05, 0.1) is 11.8 Å². The van der Waals surface area contributed by atoms with E-state index < -0.39 is 12.3 Å². The summed E-state index contributed by atoms with van der Waals surface area (Å²) in [4.78, 5) is 14.2. The maximum atomic E-state index is 13.0. The standard InChI is InChI=1S/C16H20F2N4O/c1-21(2)9-8-11-4-6-12(7-5-11)20-16(23)13-10-19-22(3)14(13)15(17)18/h4-7,10,15H,8-9H2,1-3H3,(H,20,23). The molecule has 0 fully saturated rings. The first kappa shape index (κ1) is 17.1. The van der Waals surface area contributed by atoms with Gasteiger partial charge in [0.25, 0.3) is 12.3 Å². The lowest BCUT2D eigenvalue weighted by atomic mass is 10.1. The van der Waals surface area contributed by atoms with Crippen molar-refractivity contribution in [3.63, 3.8) is 0 Å². The molecule has 1 aromatic carbocycles. The monoisotopic (exact) mass is 322 g/mol. The van der Waals surface area contributed by atoms with Gasteiger partial charge in [-0.2, -0.15) is 5.10 Å². The summed E-state index contributed by atoms with van der Waals surface area (Å²) in [7, 11) is 5.39. The molecule has 1 heterocycles. The van der Waals surface area contributed by atoms with Crippen LogP contribution < -0.4 is 5.32 Å². The van der Waals surface area contributed by atoms with E-state index in [9.17, 15) is 13.6 Å². The number of amides is 1. The molecule has 0 radical (unpaired) electrons. The van der Waals surface area contributed by atoms with Crippen molar-refractivity contribution in [2.24, 2.45) is 7.05 Å². The first-order valence-electron chi connectivity index (χ1n) is 7.23. The van der Waals surface area contributed by atoms with Crippen LogP contribution in [0.4, 0.5) is 14.5 Å². The Bertz CT molecular complexity index is 665. The third-order valence-corrected chi connectivity index (χ3v) is 3.50. The highest BCUT2D eigenvalue weighted by Gasteiger charge is 2.23. The van der Waals surface area contributed by atoms with Gasteiger partial charge in [-0.25, -0.2) is 8.78 Å². The molecule has 0 aliphatic carbocycles. The molecule has 5 nitrogen and oxygen atoms in total. The predicted molar refractivity (Wildman–Crippen MR) is 84.8 cm³/mol. The summed E-state index contributed by atoms with van der Waals surface area (Å²) in [6.45, 7) is 0.930. The molecule has 23 heavy (non-hydrogen) atoms. The Kier molecular flexibility index (Phi) is 5.44. The van der Waals surface area contributed by atoms with Crippen molar-refractivity contribution < 1.29 is 13.6 Å². The summed E-state index contributed by atoms with van der Waals surface area (Å²) in [6.07, 6.45) is -0.696. The summed E-state index contributed by atoms with van der Waals surface area (Å²) >= 11 is 0. The normalized spacial score (nSPS) is 11.3. The summed E-state index contributed by atoms with van der Waals surface area (Å²) in [5.74, 6) is -0.588. The lowest BCUT2D eigenvalue weighted by Crippen LogP contribution is -2.15. The van der Waals surface area contributed by atoms with Crippen molar-refractivity contribution in [3.05, 3.63) is 47.3 Å². The molecule has 0 saturated carbocycles. The van der Waals surface area contributed by atoms with E-state index in [0.717, 1.165) is 29.4 Å². The highest BCUT2D eigenvalue weighted by molar-refractivity contribution is 6.05. The van der Waals surface area contributed by atoms with Crippen molar-refractivity contribution in [2.45, 2.75) is 12.8 Å². The van der Waals surface area contributed by atoms with Crippen LogP contribution in [0.15, 0.2) is 30.5 Å². The van der Waals surface area contributed by atoms with Gasteiger partial charge in [-0.15, -0.1) is 0 Å². The van der Waals surface area contributed by atoms with Crippen molar-refractivity contribution in [1.29, 1.82) is 0 Å². The number of anilines is 1. The number of aryl methyl sites for hydroxylation is 1. The van der Waals surface area contributed by atoms with Gasteiger partial charge in [0, 0.05) is 19.3 Å². The maximum absolute atomic E-state index is 13.0. The van der Waals surface area contributed by atoms with Gasteiger partial charge in [-0.05, 0) is 38.2 Å². The van der Waals surface area contributed by atoms with Crippen molar-refractivity contribution >= 4 is 11.6 Å². The molecular weight excluding hydrogens is 302 g/mol. The lowest BCUT2D eigenvalue weighted by molar-refractivity contribution is 0.100. The Morgan fingerprint density at radius 3 is 2.52 bits per heavy atom. The zero-order valence-corrected chi connectivity index (χ0v) is 13.4. The van der Waals surface area contributed by atoms with Crippen LogP contribution in [0.1, 0.15) is 28.0 Å². The van der Waals surface area contributed by atoms with E-state index in [1.165, 1.54) is 7.05 Å². The first-order chi connectivity index (χ1) is 10.9. The molecule has 0 saturated heterocycles. The van der Waals surface area contributed by atoms with E-state index in [-0.39, 0.29) is 11.3 Å². The third-order valence-electron chi connectivity index (χ3n) is 3.50. The molecular formula is C16H20F2N4O. The highest BCUT2D eigenvalue weighted by Crippen LogP contribution is 2.23. The summed E-state index contributed by atoms with van der Waals surface area (Å²) < 4.78 is 27.0. The van der Waals surface area contributed by atoms with Crippen LogP contribution in [0.5, 0.6) is 0 Å². The Morgan fingerprint density at radius 1 is 1.30 bits per heavy atom. The number of likely N-dealkylation sites (N-methyl/N-ethyl adjacent to an activating group) is 1. The molecule has 0 unspecified atom stereocenters. The topological polar surface area (TPSA) is 50.2 Å². The maximum Gasteiger partial charge on any atom is 0.280 e. The highest BCUT2D eigenvalue weighted by atomic mass is 19.3. The molecule has 124 valence electrons. The van der Waals surface area contributed by atoms with Crippen LogP contribution in [-0.4, -0.2) is 41.2 Å². The Balaban J connectivity index is 2.06. The van der Waals surface area contributed by atoms with Crippen LogP contribution in [-0.2, 0) is 13.5 Å². The van der Waals surface area contributed by atoms with Gasteiger partial charge in [0.15, 0.2) is 0 Å². The first-order valence-corrected chi connectivity index (χ1v) is 7.23. The Morgan fingerprint density at radius 2 is 1.96 bits per heavy atom. The number of aromatic nitrogens is 2. The van der Waals surface area contributed by atoms with Crippen LogP contribution in [0, 0.1) is 0 Å². The number of nitrogens with one attached hydrogen (secondary N) is 1. The molecule has 0 aliphatic heterocycles. The van der Waals surface area contributed by atoms with Crippen LogP contribution in [0.25, 0.3) is 0 Å². The van der Waals surface area contributed by atoms with Crippen molar-refractivity contribution in [2.75, 3.05) is 26.0 Å². The molecule has 1 aromatic heterocycles. The minimum atomic E-state index is -2.75. The molecule has 0 aliphatic rings. The zero-order chi connectivity index (χ0) is 17.0. The van der Waals surface area contributed by atoms with Crippen LogP contribution >= 0.6 is 0 Å². The fourth-order valence-electron chi connectivity index (χ4n) is 2.19. The number of hydrogen-bond acceptors (Lipinski definition) is 3. The second-order valence-corrected chi connectivity index (χ2v) is 5.57. The minimum Gasteiger partial charge on any atom is -0.322 e. The number of rotatable bonds is 6. The van der Waals surface area contributed by atoms with Crippen LogP contribution in [0.3, 0.4) is 0 Å². The molecule has 7 heteroatoms. The van der Waals surface area contributed by atoms with E-state index >= 15 is 0 Å². The number of carbonyl (C=O) groups is 1. The minimum absolute atomic E-state index is 0.112. The van der Waals surface area contributed by atoms with Gasteiger partial charge >= 0.3 is 0 Å². The summed E-state index contributed by atoms with van der Waals surface area (Å²) in [6, 6.07) is 7.36. The SMILES string of the molecule is CN(C)CCc1ccc(NC(=O)c2cnn(C)c2C(F)F)cc1. The van der Waals surface area contributed by atoms with Crippen LogP contribution in [0.2, 0.25) is 0 Å². The van der Waals surface area contributed by atoms with Crippen molar-refractivity contribution in [1.82, 2.24) is 14.7 Å². The third kappa shape index (κ3) is 4.35. The van der Waals surface area contributed by atoms with Gasteiger partial charge < -0.3 is 10.2 Å². The Hall–Kier alpha value is -2.28. The van der Waals surface area contributed by atoms with Crippen molar-refractivity contribution in [3.8, 4) is 0 Å². The summed E-state index contributed by atoms with van der Waals surface area (Å²) in [5.41, 5.74) is 1.21. The molecule has 2 rings (SSSR count). The molecule has 1 amide bonds. The van der Waals surface area contributed by atoms with Gasteiger partial charge in [0.1, 0.15) is 5.69 Å². The van der Waals surface area contributed by atoms with E-state index in [1.54, 1.807) is 12.1 Å². The molecule has 1 N–H and O–H groups in total. The molecule has 0 bridgehead atoms. The fourth-order valence-corrected chi connectivity index (χ4v) is 2.19. The second-order valence-electron chi connectivity index (χ2n) is 5.57. The quantitative estimate of drug-likeness (QED) is 0.890. The summed E-state index contributed by atoms with van der Waals surface area (Å²) in [5, 5.41) is 6.35. The number of carbonyl (C=O) groups excluding carboxylic acids is 1. The number of halogens is 2. The number of nitrogens with zero attached hydrogens (tertiary/aromatic N) is 3. The largest absolute Gasteiger partial charge is 0.322 e. The number of benzene rings is 1. The average Bonchev–Trinajstić information content (AvgIpc) is 2.88. The zero-order valence-electron chi connectivity index (χ0n) is 13.4.